The predicted octanol–water partition coefficient (Wildman–Crippen LogP) is 19.3. The van der Waals surface area contributed by atoms with Gasteiger partial charge in [0.2, 0.25) is 0 Å². The summed E-state index contributed by atoms with van der Waals surface area (Å²) in [7, 11) is 0. The molecule has 0 rings (SSSR count). The van der Waals surface area contributed by atoms with Crippen molar-refractivity contribution >= 4 is 17.9 Å². The molecule has 70 heavy (non-hydrogen) atoms. The maximum atomic E-state index is 12.8. The molecule has 0 saturated carbocycles. The first-order valence-electron chi connectivity index (χ1n) is 28.6. The number of hydrogen-bond acceptors (Lipinski definition) is 6. The molecule has 0 aliphatic carbocycles. The van der Waals surface area contributed by atoms with Crippen molar-refractivity contribution in [2.24, 2.45) is 0 Å². The van der Waals surface area contributed by atoms with Crippen LogP contribution >= 0.6 is 0 Å². The molecule has 0 amide bonds. The van der Waals surface area contributed by atoms with E-state index in [1.807, 2.05) is 0 Å². The van der Waals surface area contributed by atoms with Crippen molar-refractivity contribution in [1.82, 2.24) is 0 Å². The van der Waals surface area contributed by atoms with Gasteiger partial charge in [-0.25, -0.2) is 0 Å². The molecule has 6 heteroatoms. The maximum absolute atomic E-state index is 12.8. The van der Waals surface area contributed by atoms with E-state index in [0.717, 1.165) is 116 Å². The van der Waals surface area contributed by atoms with E-state index in [9.17, 15) is 14.4 Å². The van der Waals surface area contributed by atoms with E-state index in [0.29, 0.717) is 19.3 Å². The SMILES string of the molecule is CC/C=C\C/C=C\C/C=C\C/C=C\CCCCCCCCC(=O)OCC(COC(=O)CCCCC/C=C\C=C/CCCCCCCCC)OC(=O)CCC/C=C\C/C=C\C/C=C\C/C=C\CCCCC. The quantitative estimate of drug-likeness (QED) is 0.0199. The molecule has 0 N–H and O–H groups in total. The molecule has 0 aliphatic rings. The van der Waals surface area contributed by atoms with Crippen molar-refractivity contribution in [2.45, 2.75) is 252 Å². The molecule has 0 aromatic rings. The van der Waals surface area contributed by atoms with Crippen LogP contribution in [0, 0.1) is 0 Å². The molecule has 396 valence electrons. The summed E-state index contributed by atoms with van der Waals surface area (Å²) in [4.78, 5) is 38.1. The van der Waals surface area contributed by atoms with Gasteiger partial charge in [0, 0.05) is 19.3 Å². The molecule has 1 atom stereocenters. The van der Waals surface area contributed by atoms with E-state index in [1.165, 1.54) is 83.5 Å². The normalized spacial score (nSPS) is 13.0. The minimum absolute atomic E-state index is 0.119. The Morgan fingerprint density at radius 3 is 1.04 bits per heavy atom. The third-order valence-electron chi connectivity index (χ3n) is 11.7. The average molecular weight is 970 g/mol. The van der Waals surface area contributed by atoms with Crippen molar-refractivity contribution in [2.75, 3.05) is 13.2 Å². The molecular formula is C64H104O6. The van der Waals surface area contributed by atoms with Gasteiger partial charge in [-0.1, -0.05) is 226 Å². The zero-order valence-electron chi connectivity index (χ0n) is 45.2. The second-order valence-electron chi connectivity index (χ2n) is 18.5. The third-order valence-corrected chi connectivity index (χ3v) is 11.7. The van der Waals surface area contributed by atoms with Crippen LogP contribution in [-0.4, -0.2) is 37.2 Å². The minimum Gasteiger partial charge on any atom is -0.462 e. The number of esters is 3. The molecule has 0 saturated heterocycles. The summed E-state index contributed by atoms with van der Waals surface area (Å²) in [6, 6.07) is 0. The van der Waals surface area contributed by atoms with Crippen LogP contribution in [0.15, 0.2) is 122 Å². The molecule has 0 spiro atoms. The van der Waals surface area contributed by atoms with Crippen molar-refractivity contribution < 1.29 is 28.6 Å². The average Bonchev–Trinajstić information content (AvgIpc) is 3.36. The van der Waals surface area contributed by atoms with Gasteiger partial charge in [0.05, 0.1) is 0 Å². The summed E-state index contributed by atoms with van der Waals surface area (Å²) in [6.07, 6.45) is 79.0. The van der Waals surface area contributed by atoms with E-state index in [1.54, 1.807) is 0 Å². The van der Waals surface area contributed by atoms with Gasteiger partial charge in [0.1, 0.15) is 13.2 Å². The molecule has 0 aromatic heterocycles. The van der Waals surface area contributed by atoms with Crippen molar-refractivity contribution in [1.29, 1.82) is 0 Å². The first kappa shape index (κ1) is 65.8. The number of carbonyl (C=O) groups excluding carboxylic acids is 3. The van der Waals surface area contributed by atoms with Crippen LogP contribution < -0.4 is 0 Å². The smallest absolute Gasteiger partial charge is 0.306 e. The maximum Gasteiger partial charge on any atom is 0.306 e. The van der Waals surface area contributed by atoms with Crippen LogP contribution in [0.1, 0.15) is 245 Å². The Kier molecular flexibility index (Phi) is 54.0. The Labute approximate surface area is 431 Å². The van der Waals surface area contributed by atoms with Gasteiger partial charge in [-0.05, 0) is 122 Å². The van der Waals surface area contributed by atoms with Crippen molar-refractivity contribution in [3.05, 3.63) is 122 Å². The Bertz CT molecular complexity index is 1490. The fraction of sp³-hybridized carbons (Fsp3) is 0.641. The highest BCUT2D eigenvalue weighted by Gasteiger charge is 2.19. The van der Waals surface area contributed by atoms with Crippen LogP contribution in [0.2, 0.25) is 0 Å². The van der Waals surface area contributed by atoms with Gasteiger partial charge in [-0.2, -0.15) is 0 Å². The number of rotatable bonds is 50. The fourth-order valence-electron chi connectivity index (χ4n) is 7.42. The molecule has 0 bridgehead atoms. The van der Waals surface area contributed by atoms with E-state index in [2.05, 4.69) is 142 Å². The lowest BCUT2D eigenvalue weighted by atomic mass is 10.1. The van der Waals surface area contributed by atoms with Crippen molar-refractivity contribution in [3.8, 4) is 0 Å². The lowest BCUT2D eigenvalue weighted by Gasteiger charge is -2.18. The second-order valence-corrected chi connectivity index (χ2v) is 18.5. The fourth-order valence-corrected chi connectivity index (χ4v) is 7.42. The summed E-state index contributed by atoms with van der Waals surface area (Å²) < 4.78 is 16.8. The van der Waals surface area contributed by atoms with Gasteiger partial charge in [-0.15, -0.1) is 0 Å². The van der Waals surface area contributed by atoms with Gasteiger partial charge in [0.15, 0.2) is 6.10 Å². The minimum atomic E-state index is -0.828. The predicted molar refractivity (Wildman–Crippen MR) is 302 cm³/mol. The van der Waals surface area contributed by atoms with Crippen LogP contribution in [0.5, 0.6) is 0 Å². The molecule has 0 fully saturated rings. The summed E-state index contributed by atoms with van der Waals surface area (Å²) >= 11 is 0. The van der Waals surface area contributed by atoms with Crippen LogP contribution in [-0.2, 0) is 28.6 Å². The Morgan fingerprint density at radius 1 is 0.314 bits per heavy atom. The van der Waals surface area contributed by atoms with Gasteiger partial charge in [0.25, 0.3) is 0 Å². The summed E-state index contributed by atoms with van der Waals surface area (Å²) in [5.41, 5.74) is 0. The Morgan fingerprint density at radius 2 is 0.614 bits per heavy atom. The van der Waals surface area contributed by atoms with E-state index >= 15 is 0 Å². The van der Waals surface area contributed by atoms with Gasteiger partial charge in [-0.3, -0.25) is 14.4 Å². The number of allylic oxidation sites excluding steroid dienone is 20. The first-order valence-corrected chi connectivity index (χ1v) is 28.6. The van der Waals surface area contributed by atoms with E-state index < -0.39 is 6.10 Å². The van der Waals surface area contributed by atoms with Crippen LogP contribution in [0.3, 0.4) is 0 Å². The molecule has 0 radical (unpaired) electrons. The molecular weight excluding hydrogens is 865 g/mol. The standard InChI is InChI=1S/C64H104O6/c1-4-7-10-13-16-19-22-25-28-31-32-34-36-39-42-45-48-51-54-57-63(66)69-60-61(59-68-62(65)56-53-50-47-44-41-38-35-30-27-24-21-18-15-12-9-6-3)70-64(67)58-55-52-49-46-43-40-37-33-29-26-23-20-17-14-11-8-5-2/h7,10,16-17,19-20,25-26,28-30,32,34-35,37-38,40-41,46,49,61H,4-6,8-9,11-15,18,21-24,27,31,33,36,39,42-45,47-48,50-60H2,1-3H3/b10-7-,19-16-,20-17-,28-25-,29-26-,34-32-,35-30-,40-37-,41-38-,49-46-. The van der Waals surface area contributed by atoms with Gasteiger partial charge >= 0.3 is 17.9 Å². The summed E-state index contributed by atoms with van der Waals surface area (Å²) in [5, 5.41) is 0. The zero-order chi connectivity index (χ0) is 50.7. The summed E-state index contributed by atoms with van der Waals surface area (Å²) in [5.74, 6) is -1.02. The second kappa shape index (κ2) is 57.4. The topological polar surface area (TPSA) is 78.9 Å². The number of carbonyl (C=O) groups is 3. The van der Waals surface area contributed by atoms with Gasteiger partial charge < -0.3 is 14.2 Å². The largest absolute Gasteiger partial charge is 0.462 e. The lowest BCUT2D eigenvalue weighted by Crippen LogP contribution is -2.30. The highest BCUT2D eigenvalue weighted by atomic mass is 16.6. The molecule has 0 aromatic carbocycles. The number of ether oxygens (including phenoxy) is 3. The van der Waals surface area contributed by atoms with Crippen molar-refractivity contribution in [3.63, 3.8) is 0 Å². The van der Waals surface area contributed by atoms with E-state index in [4.69, 9.17) is 14.2 Å². The number of unbranched alkanes of at least 4 members (excludes halogenated alkanes) is 20. The van der Waals surface area contributed by atoms with E-state index in [-0.39, 0.29) is 37.5 Å². The molecule has 0 aliphatic heterocycles. The molecule has 0 heterocycles. The zero-order valence-corrected chi connectivity index (χ0v) is 45.2. The monoisotopic (exact) mass is 969 g/mol. The highest BCUT2D eigenvalue weighted by molar-refractivity contribution is 5.71. The molecule has 1 unspecified atom stereocenters. The Balaban J connectivity index is 4.55. The Hall–Kier alpha value is -4.19. The highest BCUT2D eigenvalue weighted by Crippen LogP contribution is 2.13. The summed E-state index contributed by atoms with van der Waals surface area (Å²) in [6.45, 7) is 6.41. The molecule has 6 nitrogen and oxygen atoms in total. The third kappa shape index (κ3) is 54.7. The van der Waals surface area contributed by atoms with Crippen LogP contribution in [0.25, 0.3) is 0 Å². The lowest BCUT2D eigenvalue weighted by molar-refractivity contribution is -0.167. The first-order chi connectivity index (χ1) is 34.5. The van der Waals surface area contributed by atoms with Crippen LogP contribution in [0.4, 0.5) is 0 Å². The number of hydrogen-bond donors (Lipinski definition) is 0.